The van der Waals surface area contributed by atoms with Crippen molar-refractivity contribution in [1.82, 2.24) is 20.9 Å². The smallest absolute Gasteiger partial charge is 0.312 e. The van der Waals surface area contributed by atoms with E-state index in [1.807, 2.05) is 0 Å². The fourth-order valence-corrected chi connectivity index (χ4v) is 3.93. The van der Waals surface area contributed by atoms with Gasteiger partial charge in [-0.2, -0.15) is 0 Å². The van der Waals surface area contributed by atoms with Crippen molar-refractivity contribution in [2.24, 2.45) is 5.41 Å². The highest BCUT2D eigenvalue weighted by Gasteiger charge is 2.75. The van der Waals surface area contributed by atoms with Crippen LogP contribution < -0.4 is 16.0 Å². The van der Waals surface area contributed by atoms with Crippen LogP contribution in [0.4, 0.5) is 0 Å². The predicted octanol–water partition coefficient (Wildman–Crippen LogP) is -3.21. The molecule has 11 heteroatoms. The molecular weight excluding hydrogens is 332 g/mol. The first kappa shape index (κ1) is 16.4. The molecule has 4 aliphatic rings. The summed E-state index contributed by atoms with van der Waals surface area (Å²) in [6.07, 6.45) is 0.0718. The average Bonchev–Trinajstić information content (AvgIpc) is 3.13. The number of carbonyl (C=O) groups excluding carboxylic acids is 1. The molecule has 11 nitrogen and oxygen atoms in total. The van der Waals surface area contributed by atoms with Crippen molar-refractivity contribution in [3.05, 3.63) is 0 Å². The Hall–Kier alpha value is -2.11. The summed E-state index contributed by atoms with van der Waals surface area (Å²) in [5.74, 6) is -3.39. The lowest BCUT2D eigenvalue weighted by atomic mass is 9.85. The Morgan fingerprint density at radius 1 is 1.36 bits per heavy atom. The van der Waals surface area contributed by atoms with Crippen molar-refractivity contribution in [2.75, 3.05) is 13.2 Å². The number of rotatable bonds is 3. The molecule has 0 radical (unpaired) electrons. The highest BCUT2D eigenvalue weighted by atomic mass is 16.6. The van der Waals surface area contributed by atoms with E-state index in [1.54, 1.807) is 6.92 Å². The number of nitrogens with zero attached hydrogens (tertiary/aromatic N) is 1. The third-order valence-corrected chi connectivity index (χ3v) is 5.78. The monoisotopic (exact) mass is 354 g/mol. The Morgan fingerprint density at radius 2 is 2.04 bits per heavy atom. The van der Waals surface area contributed by atoms with Crippen molar-refractivity contribution in [1.29, 1.82) is 10.8 Å². The predicted molar refractivity (Wildman–Crippen MR) is 83.3 cm³/mol. The van der Waals surface area contributed by atoms with E-state index in [2.05, 4.69) is 16.0 Å². The Kier molecular flexibility index (Phi) is 3.10. The summed E-state index contributed by atoms with van der Waals surface area (Å²) >= 11 is 0. The summed E-state index contributed by atoms with van der Waals surface area (Å²) in [5.41, 5.74) is -2.29. The Balaban J connectivity index is 1.71. The summed E-state index contributed by atoms with van der Waals surface area (Å²) in [5, 5.41) is 55.7. The first-order chi connectivity index (χ1) is 11.7. The number of carbonyl (C=O) groups is 1. The molecule has 3 heterocycles. The van der Waals surface area contributed by atoms with Crippen molar-refractivity contribution in [2.45, 2.75) is 49.4 Å². The van der Waals surface area contributed by atoms with Crippen LogP contribution >= 0.6 is 0 Å². The normalized spacial score (nSPS) is 39.7. The van der Waals surface area contributed by atoms with Gasteiger partial charge in [-0.05, 0) is 19.8 Å². The van der Waals surface area contributed by atoms with Crippen LogP contribution in [0.15, 0.2) is 0 Å². The van der Waals surface area contributed by atoms with Gasteiger partial charge < -0.3 is 40.9 Å². The lowest BCUT2D eigenvalue weighted by Gasteiger charge is -2.50. The van der Waals surface area contributed by atoms with Crippen LogP contribution in [0.2, 0.25) is 0 Å². The molecule has 1 saturated carbocycles. The molecule has 4 atom stereocenters. The zero-order valence-corrected chi connectivity index (χ0v) is 13.7. The van der Waals surface area contributed by atoms with Crippen LogP contribution in [0.1, 0.15) is 19.8 Å². The van der Waals surface area contributed by atoms with Crippen molar-refractivity contribution >= 4 is 17.9 Å². The van der Waals surface area contributed by atoms with E-state index in [9.17, 15) is 20.1 Å². The van der Waals surface area contributed by atoms with Crippen molar-refractivity contribution in [3.63, 3.8) is 0 Å². The fourth-order valence-electron chi connectivity index (χ4n) is 3.93. The molecule has 3 saturated heterocycles. The van der Waals surface area contributed by atoms with E-state index in [0.717, 1.165) is 0 Å². The van der Waals surface area contributed by atoms with E-state index < -0.39 is 41.0 Å². The first-order valence-corrected chi connectivity index (χ1v) is 8.18. The summed E-state index contributed by atoms with van der Waals surface area (Å²) < 4.78 is 5.40. The minimum Gasteiger partial charge on any atom is -0.454 e. The van der Waals surface area contributed by atoms with E-state index >= 15 is 0 Å². The summed E-state index contributed by atoms with van der Waals surface area (Å²) in [6.45, 7) is 1.24. The third kappa shape index (κ3) is 1.94. The highest BCUT2D eigenvalue weighted by molar-refractivity contribution is 5.87. The van der Waals surface area contributed by atoms with Gasteiger partial charge in [-0.25, -0.2) is 0 Å². The van der Waals surface area contributed by atoms with Gasteiger partial charge in [-0.15, -0.1) is 0 Å². The number of hydrogen-bond donors (Lipinski definition) is 8. The number of aliphatic hydroxyl groups excluding tert-OH is 1. The molecule has 4 rings (SSSR count). The van der Waals surface area contributed by atoms with Crippen LogP contribution in [0.3, 0.4) is 0 Å². The maximum atomic E-state index is 12.3. The molecule has 4 fully saturated rings. The van der Waals surface area contributed by atoms with E-state index in [1.165, 1.54) is 4.90 Å². The highest BCUT2D eigenvalue weighted by Crippen LogP contribution is 2.48. The molecular formula is C14H22N6O5. The lowest BCUT2D eigenvalue weighted by molar-refractivity contribution is -0.264. The Labute approximate surface area is 143 Å². The maximum Gasteiger partial charge on any atom is 0.312 e. The number of hydrogen-bond acceptors (Lipinski definition) is 7. The second-order valence-electron chi connectivity index (χ2n) is 7.46. The zero-order chi connectivity index (χ0) is 18.2. The summed E-state index contributed by atoms with van der Waals surface area (Å²) in [7, 11) is 0. The zero-order valence-electron chi connectivity index (χ0n) is 13.7. The third-order valence-electron chi connectivity index (χ3n) is 5.78. The molecule has 8 N–H and O–H groups in total. The molecule has 138 valence electrons. The fraction of sp³-hybridized carbons (Fsp3) is 0.786. The molecule has 1 aliphatic carbocycles. The maximum absolute atomic E-state index is 12.3. The molecule has 3 aliphatic heterocycles. The second-order valence-corrected chi connectivity index (χ2v) is 7.46. The Morgan fingerprint density at radius 3 is 2.64 bits per heavy atom. The minimum atomic E-state index is -2.57. The van der Waals surface area contributed by atoms with Crippen molar-refractivity contribution in [3.8, 4) is 0 Å². The van der Waals surface area contributed by atoms with Gasteiger partial charge >= 0.3 is 5.97 Å². The molecule has 0 unspecified atom stereocenters. The van der Waals surface area contributed by atoms with E-state index in [0.29, 0.717) is 12.8 Å². The van der Waals surface area contributed by atoms with Crippen LogP contribution in [-0.4, -0.2) is 80.9 Å². The van der Waals surface area contributed by atoms with Crippen molar-refractivity contribution < 1.29 is 24.9 Å². The van der Waals surface area contributed by atoms with Gasteiger partial charge in [0.05, 0.1) is 30.7 Å². The number of nitrogens with one attached hydrogen (secondary N) is 5. The second kappa shape index (κ2) is 4.74. The number of aliphatic hydroxyl groups is 3. The van der Waals surface area contributed by atoms with Gasteiger partial charge in [0.2, 0.25) is 5.79 Å². The van der Waals surface area contributed by atoms with E-state index in [-0.39, 0.29) is 25.1 Å². The number of guanidine groups is 2. The largest absolute Gasteiger partial charge is 0.454 e. The van der Waals surface area contributed by atoms with Gasteiger partial charge in [0.15, 0.2) is 23.7 Å². The molecule has 0 aromatic heterocycles. The van der Waals surface area contributed by atoms with Crippen LogP contribution in [0, 0.1) is 16.2 Å². The van der Waals surface area contributed by atoms with Gasteiger partial charge in [-0.1, -0.05) is 0 Å². The minimum absolute atomic E-state index is 0.128. The van der Waals surface area contributed by atoms with Crippen LogP contribution in [-0.2, 0) is 9.53 Å². The molecule has 25 heavy (non-hydrogen) atoms. The number of ether oxygens (including phenoxy) is 1. The standard InChI is InChI=1S/C14H22N6O5/c1-12(2-3-12)9(22)25-7-4-20-11(16)17-6(5-21)8-13(20,14(7,23)24)19-10(15)18-8/h6-8,21,23-24H,2-5H2,1H3,(H2,16,17)(H3,15,18,19)/t6-,7-,8-,13-/m0/s1. The average molecular weight is 354 g/mol. The quantitative estimate of drug-likeness (QED) is 0.192. The summed E-state index contributed by atoms with van der Waals surface area (Å²) in [6, 6.07) is -1.55. The van der Waals surface area contributed by atoms with Gasteiger partial charge in [-0.3, -0.25) is 15.6 Å². The van der Waals surface area contributed by atoms with Crippen LogP contribution in [0.5, 0.6) is 0 Å². The number of esters is 1. The van der Waals surface area contributed by atoms with E-state index in [4.69, 9.17) is 15.6 Å². The first-order valence-electron chi connectivity index (χ1n) is 8.18. The molecule has 0 amide bonds. The molecule has 0 aromatic rings. The van der Waals surface area contributed by atoms with Gasteiger partial charge in [0, 0.05) is 0 Å². The van der Waals surface area contributed by atoms with Gasteiger partial charge in [0.25, 0.3) is 0 Å². The lowest BCUT2D eigenvalue weighted by Crippen LogP contribution is -2.80. The topological polar surface area (TPSA) is 174 Å². The Bertz CT molecular complexity index is 664. The SMILES string of the molecule is CC1(C(=O)O[C@H]2CN3C(=N)N[C@@H](CO)[C@@H]4NC(=N)N[C@@]43C2(O)O)CC1. The summed E-state index contributed by atoms with van der Waals surface area (Å²) in [4.78, 5) is 13.6. The molecule has 1 spiro atoms. The van der Waals surface area contributed by atoms with Crippen LogP contribution in [0.25, 0.3) is 0 Å². The van der Waals surface area contributed by atoms with Gasteiger partial charge in [0.1, 0.15) is 0 Å². The molecule has 0 bridgehead atoms. The molecule has 0 aromatic carbocycles.